The summed E-state index contributed by atoms with van der Waals surface area (Å²) in [6.07, 6.45) is 0. The van der Waals surface area contributed by atoms with Gasteiger partial charge < -0.3 is 10.1 Å². The summed E-state index contributed by atoms with van der Waals surface area (Å²) >= 11 is 0. The smallest absolute Gasteiger partial charge is 0.214 e. The van der Waals surface area contributed by atoms with Gasteiger partial charge in [0.2, 0.25) is 5.88 Å². The summed E-state index contributed by atoms with van der Waals surface area (Å²) in [4.78, 5) is 4.29. The Morgan fingerprint density at radius 2 is 1.88 bits per heavy atom. The van der Waals surface area contributed by atoms with Crippen molar-refractivity contribution in [1.82, 2.24) is 4.98 Å². The Hall–Kier alpha value is -2.03. The molecule has 1 heterocycles. The van der Waals surface area contributed by atoms with Crippen LogP contribution in [0, 0.1) is 6.92 Å². The van der Waals surface area contributed by atoms with Crippen LogP contribution in [0.5, 0.6) is 5.88 Å². The van der Waals surface area contributed by atoms with Gasteiger partial charge in [0.25, 0.3) is 0 Å². The minimum atomic E-state index is 0.624. The maximum absolute atomic E-state index is 5.07. The Morgan fingerprint density at radius 1 is 1.12 bits per heavy atom. The maximum atomic E-state index is 5.07. The van der Waals surface area contributed by atoms with Crippen LogP contribution in [0.2, 0.25) is 0 Å². The molecule has 1 aromatic carbocycles. The van der Waals surface area contributed by atoms with Crippen molar-refractivity contribution in [2.75, 3.05) is 12.4 Å². The van der Waals surface area contributed by atoms with Gasteiger partial charge in [0.05, 0.1) is 7.11 Å². The summed E-state index contributed by atoms with van der Waals surface area (Å²) in [6.45, 7) is 2.85. The quantitative estimate of drug-likeness (QED) is 0.873. The Morgan fingerprint density at radius 3 is 2.59 bits per heavy atom. The SMILES string of the molecule is COc1cccc(NCc2ccc(C)cc2)n1. The van der Waals surface area contributed by atoms with Crippen LogP contribution in [-0.2, 0) is 6.54 Å². The van der Waals surface area contributed by atoms with Crippen LogP contribution in [-0.4, -0.2) is 12.1 Å². The second-order valence-electron chi connectivity index (χ2n) is 3.90. The molecule has 0 aliphatic rings. The van der Waals surface area contributed by atoms with Gasteiger partial charge in [0.15, 0.2) is 0 Å². The number of anilines is 1. The number of nitrogens with zero attached hydrogens (tertiary/aromatic N) is 1. The molecule has 0 bridgehead atoms. The first kappa shape index (κ1) is 11.5. The van der Waals surface area contributed by atoms with E-state index >= 15 is 0 Å². The van der Waals surface area contributed by atoms with Gasteiger partial charge in [-0.05, 0) is 18.6 Å². The molecule has 0 fully saturated rings. The van der Waals surface area contributed by atoms with Gasteiger partial charge in [-0.15, -0.1) is 0 Å². The van der Waals surface area contributed by atoms with Gasteiger partial charge in [-0.3, -0.25) is 0 Å². The van der Waals surface area contributed by atoms with Crippen molar-refractivity contribution in [1.29, 1.82) is 0 Å². The van der Waals surface area contributed by atoms with Gasteiger partial charge in [-0.25, -0.2) is 0 Å². The fraction of sp³-hybridized carbons (Fsp3) is 0.214. The van der Waals surface area contributed by atoms with E-state index < -0.39 is 0 Å². The van der Waals surface area contributed by atoms with Crippen molar-refractivity contribution in [2.24, 2.45) is 0 Å². The monoisotopic (exact) mass is 228 g/mol. The number of ether oxygens (including phenoxy) is 1. The predicted molar refractivity (Wildman–Crippen MR) is 69.3 cm³/mol. The summed E-state index contributed by atoms with van der Waals surface area (Å²) in [5, 5.41) is 3.26. The lowest BCUT2D eigenvalue weighted by Crippen LogP contribution is -2.01. The Bertz CT molecular complexity index is 480. The van der Waals surface area contributed by atoms with Crippen LogP contribution in [0.25, 0.3) is 0 Å². The molecule has 0 aliphatic carbocycles. The predicted octanol–water partition coefficient (Wildman–Crippen LogP) is 3.01. The van der Waals surface area contributed by atoms with Crippen molar-refractivity contribution in [2.45, 2.75) is 13.5 Å². The lowest BCUT2D eigenvalue weighted by atomic mass is 10.1. The summed E-state index contributed by atoms with van der Waals surface area (Å²) < 4.78 is 5.07. The third-order valence-corrected chi connectivity index (χ3v) is 2.53. The number of hydrogen-bond acceptors (Lipinski definition) is 3. The lowest BCUT2D eigenvalue weighted by molar-refractivity contribution is 0.398. The molecule has 0 radical (unpaired) electrons. The summed E-state index contributed by atoms with van der Waals surface area (Å²) in [5.74, 6) is 1.45. The van der Waals surface area contributed by atoms with Gasteiger partial charge in [0.1, 0.15) is 5.82 Å². The number of benzene rings is 1. The van der Waals surface area contributed by atoms with E-state index in [0.717, 1.165) is 12.4 Å². The van der Waals surface area contributed by atoms with Gasteiger partial charge in [-0.1, -0.05) is 35.9 Å². The van der Waals surface area contributed by atoms with Crippen LogP contribution in [0.1, 0.15) is 11.1 Å². The van der Waals surface area contributed by atoms with Crippen LogP contribution in [0.3, 0.4) is 0 Å². The second-order valence-corrected chi connectivity index (χ2v) is 3.90. The molecule has 0 aliphatic heterocycles. The third kappa shape index (κ3) is 3.21. The first-order valence-corrected chi connectivity index (χ1v) is 5.58. The number of methoxy groups -OCH3 is 1. The average Bonchev–Trinajstić information content (AvgIpc) is 2.38. The second kappa shape index (κ2) is 5.34. The van der Waals surface area contributed by atoms with E-state index in [1.54, 1.807) is 7.11 Å². The highest BCUT2D eigenvalue weighted by molar-refractivity contribution is 5.38. The summed E-state index contributed by atoms with van der Waals surface area (Å²) in [7, 11) is 1.62. The van der Waals surface area contributed by atoms with E-state index in [1.165, 1.54) is 11.1 Å². The number of aryl methyl sites for hydroxylation is 1. The van der Waals surface area contributed by atoms with E-state index in [9.17, 15) is 0 Å². The molecule has 0 saturated heterocycles. The zero-order valence-electron chi connectivity index (χ0n) is 10.1. The minimum absolute atomic E-state index is 0.624. The molecule has 0 atom stereocenters. The molecule has 1 aromatic heterocycles. The zero-order valence-corrected chi connectivity index (χ0v) is 10.1. The van der Waals surface area contributed by atoms with Crippen molar-refractivity contribution < 1.29 is 4.74 Å². The van der Waals surface area contributed by atoms with Crippen molar-refractivity contribution in [3.05, 3.63) is 53.6 Å². The van der Waals surface area contributed by atoms with Gasteiger partial charge in [-0.2, -0.15) is 4.98 Å². The molecule has 3 nitrogen and oxygen atoms in total. The van der Waals surface area contributed by atoms with Crippen molar-refractivity contribution in [3.63, 3.8) is 0 Å². The molecular formula is C14H16N2O. The molecule has 0 unspecified atom stereocenters. The van der Waals surface area contributed by atoms with Crippen LogP contribution in [0.15, 0.2) is 42.5 Å². The maximum Gasteiger partial charge on any atom is 0.214 e. The molecule has 17 heavy (non-hydrogen) atoms. The number of pyridine rings is 1. The van der Waals surface area contributed by atoms with E-state index in [-0.39, 0.29) is 0 Å². The first-order chi connectivity index (χ1) is 8.28. The van der Waals surface area contributed by atoms with Gasteiger partial charge in [0, 0.05) is 12.6 Å². The van der Waals surface area contributed by atoms with E-state index in [2.05, 4.69) is 41.5 Å². The molecule has 3 heteroatoms. The van der Waals surface area contributed by atoms with E-state index in [0.29, 0.717) is 5.88 Å². The van der Waals surface area contributed by atoms with Gasteiger partial charge >= 0.3 is 0 Å². The lowest BCUT2D eigenvalue weighted by Gasteiger charge is -2.07. The van der Waals surface area contributed by atoms with Crippen LogP contribution < -0.4 is 10.1 Å². The molecule has 2 rings (SSSR count). The standard InChI is InChI=1S/C14H16N2O/c1-11-6-8-12(9-7-11)10-15-13-4-3-5-14(16-13)17-2/h3-9H,10H2,1-2H3,(H,15,16). The van der Waals surface area contributed by atoms with Crippen LogP contribution in [0.4, 0.5) is 5.82 Å². The Balaban J connectivity index is 1.99. The molecule has 0 amide bonds. The summed E-state index contributed by atoms with van der Waals surface area (Å²) in [5.41, 5.74) is 2.51. The Labute approximate surface area is 101 Å². The zero-order chi connectivity index (χ0) is 12.1. The molecule has 88 valence electrons. The minimum Gasteiger partial charge on any atom is -0.481 e. The third-order valence-electron chi connectivity index (χ3n) is 2.53. The number of rotatable bonds is 4. The van der Waals surface area contributed by atoms with E-state index in [1.807, 2.05) is 18.2 Å². The largest absolute Gasteiger partial charge is 0.481 e. The molecule has 2 aromatic rings. The van der Waals surface area contributed by atoms with Crippen molar-refractivity contribution >= 4 is 5.82 Å². The topological polar surface area (TPSA) is 34.1 Å². The number of nitrogens with one attached hydrogen (secondary N) is 1. The number of aromatic nitrogens is 1. The first-order valence-electron chi connectivity index (χ1n) is 5.58. The Kier molecular flexibility index (Phi) is 3.60. The van der Waals surface area contributed by atoms with Crippen molar-refractivity contribution in [3.8, 4) is 5.88 Å². The van der Waals surface area contributed by atoms with Crippen LogP contribution >= 0.6 is 0 Å². The highest BCUT2D eigenvalue weighted by Crippen LogP contribution is 2.12. The average molecular weight is 228 g/mol. The normalized spacial score (nSPS) is 10.0. The van der Waals surface area contributed by atoms with E-state index in [4.69, 9.17) is 4.74 Å². The molecule has 0 saturated carbocycles. The number of hydrogen-bond donors (Lipinski definition) is 1. The highest BCUT2D eigenvalue weighted by Gasteiger charge is 1.97. The fourth-order valence-corrected chi connectivity index (χ4v) is 1.53. The molecule has 1 N–H and O–H groups in total. The summed E-state index contributed by atoms with van der Waals surface area (Å²) in [6, 6.07) is 14.1. The highest BCUT2D eigenvalue weighted by atomic mass is 16.5. The molecule has 0 spiro atoms. The molecular weight excluding hydrogens is 212 g/mol. The fourth-order valence-electron chi connectivity index (χ4n) is 1.53.